The summed E-state index contributed by atoms with van der Waals surface area (Å²) in [4.78, 5) is 22.9. The van der Waals surface area contributed by atoms with Gasteiger partial charge in [0.1, 0.15) is 17.6 Å². The van der Waals surface area contributed by atoms with Gasteiger partial charge in [0.25, 0.3) is 0 Å². The Morgan fingerprint density at radius 2 is 2.06 bits per heavy atom. The number of primary amides is 1. The Labute approximate surface area is 187 Å². The van der Waals surface area contributed by atoms with Crippen molar-refractivity contribution in [2.24, 2.45) is 5.73 Å². The molecule has 10 heteroatoms. The second-order valence-electron chi connectivity index (χ2n) is 7.56. The van der Waals surface area contributed by atoms with Crippen LogP contribution >= 0.6 is 11.6 Å². The molecule has 5 rings (SSSR count). The van der Waals surface area contributed by atoms with Crippen molar-refractivity contribution in [1.82, 2.24) is 25.5 Å². The average molecular weight is 452 g/mol. The Hall–Kier alpha value is -3.56. The van der Waals surface area contributed by atoms with Crippen LogP contribution in [0.1, 0.15) is 0 Å². The fraction of sp³-hybridized carbons (Fsp3) is 0.182. The molecule has 1 atom stereocenters. The number of amides is 1. The molecule has 0 saturated carbocycles. The third kappa shape index (κ3) is 3.76. The van der Waals surface area contributed by atoms with Crippen LogP contribution in [-0.4, -0.2) is 51.7 Å². The molecular formula is C22H19ClFN7O. The first-order valence-electron chi connectivity index (χ1n) is 10.0. The molecule has 32 heavy (non-hydrogen) atoms. The van der Waals surface area contributed by atoms with Crippen LogP contribution < -0.4 is 16.0 Å². The van der Waals surface area contributed by atoms with Gasteiger partial charge in [0.05, 0.1) is 28.6 Å². The number of carbonyl (C=O) groups excluding carboxylic acids is 1. The molecular weight excluding hydrogens is 433 g/mol. The number of piperazine rings is 1. The molecule has 1 aliphatic rings. The van der Waals surface area contributed by atoms with Crippen molar-refractivity contribution in [3.63, 3.8) is 0 Å². The zero-order valence-electron chi connectivity index (χ0n) is 16.8. The summed E-state index contributed by atoms with van der Waals surface area (Å²) in [5, 5.41) is 10.5. The van der Waals surface area contributed by atoms with Crippen molar-refractivity contribution in [3.8, 4) is 22.5 Å². The van der Waals surface area contributed by atoms with E-state index in [-0.39, 0.29) is 5.91 Å². The molecule has 0 bridgehead atoms. The number of hydrogen-bond donors (Lipinski definition) is 3. The van der Waals surface area contributed by atoms with E-state index in [2.05, 4.69) is 25.4 Å². The van der Waals surface area contributed by atoms with E-state index in [0.29, 0.717) is 46.1 Å². The lowest BCUT2D eigenvalue weighted by Crippen LogP contribution is -2.56. The minimum Gasteiger partial charge on any atom is -0.368 e. The van der Waals surface area contributed by atoms with Crippen LogP contribution in [0.15, 0.2) is 48.8 Å². The largest absolute Gasteiger partial charge is 0.368 e. The Morgan fingerprint density at radius 1 is 1.19 bits per heavy atom. The van der Waals surface area contributed by atoms with Crippen LogP contribution in [0.4, 0.5) is 10.1 Å². The maximum atomic E-state index is 14.4. The van der Waals surface area contributed by atoms with Gasteiger partial charge in [0.2, 0.25) is 5.91 Å². The third-order valence-electron chi connectivity index (χ3n) is 5.51. The van der Waals surface area contributed by atoms with Crippen LogP contribution in [0.2, 0.25) is 5.02 Å². The van der Waals surface area contributed by atoms with E-state index in [4.69, 9.17) is 22.3 Å². The summed E-state index contributed by atoms with van der Waals surface area (Å²) in [5.74, 6) is -0.806. The molecule has 4 N–H and O–H groups in total. The number of halogens is 2. The topological polar surface area (TPSA) is 113 Å². The number of aromatic nitrogens is 4. The number of carbonyl (C=O) groups is 1. The van der Waals surface area contributed by atoms with Gasteiger partial charge in [-0.05, 0) is 36.4 Å². The number of H-pyrrole nitrogens is 1. The maximum Gasteiger partial charge on any atom is 0.236 e. The number of fused-ring (bicyclic) bond motifs is 1. The van der Waals surface area contributed by atoms with Gasteiger partial charge in [-0.1, -0.05) is 11.6 Å². The molecule has 0 spiro atoms. The van der Waals surface area contributed by atoms with Crippen LogP contribution in [0.5, 0.6) is 0 Å². The summed E-state index contributed by atoms with van der Waals surface area (Å²) >= 11 is 6.06. The van der Waals surface area contributed by atoms with E-state index in [1.807, 2.05) is 18.2 Å². The summed E-state index contributed by atoms with van der Waals surface area (Å²) in [6, 6.07) is 9.53. The zero-order valence-corrected chi connectivity index (χ0v) is 17.6. The third-order valence-corrected chi connectivity index (χ3v) is 5.74. The fourth-order valence-corrected chi connectivity index (χ4v) is 4.04. The summed E-state index contributed by atoms with van der Waals surface area (Å²) in [6.45, 7) is 1.82. The maximum absolute atomic E-state index is 14.4. The lowest BCUT2D eigenvalue weighted by molar-refractivity contribution is -0.120. The molecule has 1 saturated heterocycles. The van der Waals surface area contributed by atoms with E-state index in [9.17, 15) is 9.18 Å². The minimum atomic E-state index is -0.421. The fourth-order valence-electron chi connectivity index (χ4n) is 3.86. The van der Waals surface area contributed by atoms with Crippen molar-refractivity contribution in [2.45, 2.75) is 6.04 Å². The molecule has 162 valence electrons. The van der Waals surface area contributed by atoms with Gasteiger partial charge in [0.15, 0.2) is 0 Å². The zero-order chi connectivity index (χ0) is 22.2. The Kier molecular flexibility index (Phi) is 5.20. The molecule has 1 aromatic carbocycles. The SMILES string of the molecule is NC(=O)[C@@H]1CN(c2cnc3ccc(-c4c[nH]nc4-c4cc(Cl)ccc4F)nc3c2)CCN1. The van der Waals surface area contributed by atoms with Gasteiger partial charge in [-0.3, -0.25) is 14.9 Å². The van der Waals surface area contributed by atoms with Crippen molar-refractivity contribution in [1.29, 1.82) is 0 Å². The van der Waals surface area contributed by atoms with Crippen LogP contribution in [0.3, 0.4) is 0 Å². The van der Waals surface area contributed by atoms with E-state index in [0.717, 1.165) is 17.7 Å². The normalized spacial score (nSPS) is 16.4. The van der Waals surface area contributed by atoms with Gasteiger partial charge >= 0.3 is 0 Å². The highest BCUT2D eigenvalue weighted by molar-refractivity contribution is 6.30. The van der Waals surface area contributed by atoms with E-state index >= 15 is 0 Å². The molecule has 1 aliphatic heterocycles. The van der Waals surface area contributed by atoms with E-state index in [1.54, 1.807) is 12.4 Å². The standard InChI is InChI=1S/C22H19ClFN7O/c23-12-1-2-16(24)14(7-12)21-15(10-28-30-21)17-3-4-18-19(29-17)8-13(9-27-18)31-6-5-26-20(11-31)22(25)32/h1-4,7-10,20,26H,5-6,11H2,(H2,25,32)(H,28,30)/t20-/m0/s1. The van der Waals surface area contributed by atoms with E-state index in [1.165, 1.54) is 18.2 Å². The predicted octanol–water partition coefficient (Wildman–Crippen LogP) is 2.74. The van der Waals surface area contributed by atoms with Gasteiger partial charge in [-0.25, -0.2) is 9.37 Å². The van der Waals surface area contributed by atoms with Gasteiger partial charge in [-0.2, -0.15) is 5.10 Å². The number of pyridine rings is 2. The number of nitrogens with zero attached hydrogens (tertiary/aromatic N) is 4. The van der Waals surface area contributed by atoms with Crippen LogP contribution in [0.25, 0.3) is 33.5 Å². The molecule has 4 heterocycles. The van der Waals surface area contributed by atoms with Gasteiger partial charge in [0, 0.05) is 42.0 Å². The van der Waals surface area contributed by atoms with Crippen molar-refractivity contribution in [2.75, 3.05) is 24.5 Å². The van der Waals surface area contributed by atoms with Crippen molar-refractivity contribution in [3.05, 3.63) is 59.6 Å². The van der Waals surface area contributed by atoms with Gasteiger partial charge < -0.3 is 16.0 Å². The average Bonchev–Trinajstić information content (AvgIpc) is 3.29. The summed E-state index contributed by atoms with van der Waals surface area (Å²) in [7, 11) is 0. The highest BCUT2D eigenvalue weighted by Crippen LogP contribution is 2.33. The minimum absolute atomic E-state index is 0.292. The summed E-state index contributed by atoms with van der Waals surface area (Å²) in [5.41, 5.74) is 9.68. The Balaban J connectivity index is 1.53. The van der Waals surface area contributed by atoms with Crippen LogP contribution in [-0.2, 0) is 4.79 Å². The first-order valence-corrected chi connectivity index (χ1v) is 10.4. The quantitative estimate of drug-likeness (QED) is 0.439. The smallest absolute Gasteiger partial charge is 0.236 e. The molecule has 0 unspecified atom stereocenters. The van der Waals surface area contributed by atoms with Crippen molar-refractivity contribution < 1.29 is 9.18 Å². The van der Waals surface area contributed by atoms with E-state index < -0.39 is 11.9 Å². The second-order valence-corrected chi connectivity index (χ2v) is 7.99. The highest BCUT2D eigenvalue weighted by Gasteiger charge is 2.24. The first-order chi connectivity index (χ1) is 15.5. The Bertz CT molecular complexity index is 1320. The number of rotatable bonds is 4. The lowest BCUT2D eigenvalue weighted by atomic mass is 10.0. The lowest BCUT2D eigenvalue weighted by Gasteiger charge is -2.33. The Morgan fingerprint density at radius 3 is 2.91 bits per heavy atom. The molecule has 8 nitrogen and oxygen atoms in total. The highest BCUT2D eigenvalue weighted by atomic mass is 35.5. The molecule has 0 radical (unpaired) electrons. The van der Waals surface area contributed by atoms with Crippen LogP contribution in [0, 0.1) is 5.82 Å². The molecule has 3 aromatic heterocycles. The molecule has 1 fully saturated rings. The summed E-state index contributed by atoms with van der Waals surface area (Å²) in [6.07, 6.45) is 3.44. The number of nitrogens with two attached hydrogens (primary N) is 1. The number of nitrogens with one attached hydrogen (secondary N) is 2. The number of hydrogen-bond acceptors (Lipinski definition) is 6. The number of aromatic amines is 1. The summed E-state index contributed by atoms with van der Waals surface area (Å²) < 4.78 is 14.4. The predicted molar refractivity (Wildman–Crippen MR) is 121 cm³/mol. The molecule has 0 aliphatic carbocycles. The van der Waals surface area contributed by atoms with Gasteiger partial charge in [-0.15, -0.1) is 0 Å². The molecule has 4 aromatic rings. The van der Waals surface area contributed by atoms with Crippen molar-refractivity contribution >= 4 is 34.2 Å². The number of anilines is 1. The second kappa shape index (κ2) is 8.18. The molecule has 1 amide bonds. The first kappa shape index (κ1) is 20.3. The number of benzene rings is 1. The monoisotopic (exact) mass is 451 g/mol.